The van der Waals surface area contributed by atoms with E-state index in [2.05, 4.69) is 6.92 Å². The van der Waals surface area contributed by atoms with Crippen molar-refractivity contribution >= 4 is 0 Å². The van der Waals surface area contributed by atoms with E-state index in [0.29, 0.717) is 0 Å². The van der Waals surface area contributed by atoms with E-state index in [-0.39, 0.29) is 0 Å². The molecule has 0 radical (unpaired) electrons. The third kappa shape index (κ3) is 6.00. The molecule has 0 amide bonds. The van der Waals surface area contributed by atoms with Gasteiger partial charge in [-0.3, -0.25) is 0 Å². The van der Waals surface area contributed by atoms with E-state index >= 15 is 0 Å². The molecule has 2 unspecified atom stereocenters. The summed E-state index contributed by atoms with van der Waals surface area (Å²) in [6, 6.07) is 0. The average molecular weight is 201 g/mol. The van der Waals surface area contributed by atoms with Crippen LogP contribution in [0.4, 0.5) is 0 Å². The van der Waals surface area contributed by atoms with Crippen molar-refractivity contribution in [3.63, 3.8) is 0 Å². The van der Waals surface area contributed by atoms with Crippen LogP contribution in [0.5, 0.6) is 0 Å². The second-order valence-electron chi connectivity index (χ2n) is 3.59. The Hall–Kier alpha value is -0.540. The van der Waals surface area contributed by atoms with Gasteiger partial charge in [-0.2, -0.15) is 0 Å². The Kier molecular flexibility index (Phi) is 7.52. The first-order valence-electron chi connectivity index (χ1n) is 5.39. The van der Waals surface area contributed by atoms with Gasteiger partial charge in [0.25, 0.3) is 0 Å². The maximum atomic E-state index is 9.30. The van der Waals surface area contributed by atoms with Crippen molar-refractivity contribution in [1.82, 2.24) is 4.90 Å². The Morgan fingerprint density at radius 1 is 1.14 bits per heavy atom. The molecule has 0 aromatic heterocycles. The first-order chi connectivity index (χ1) is 6.59. The van der Waals surface area contributed by atoms with E-state index in [4.69, 9.17) is 0 Å². The van der Waals surface area contributed by atoms with Gasteiger partial charge >= 0.3 is 0 Å². The fourth-order valence-electron chi connectivity index (χ4n) is 1.27. The normalized spacial score (nSPS) is 15.8. The topological polar surface area (TPSA) is 43.7 Å². The number of unbranched alkanes of at least 4 members (excludes halogenated alkanes) is 3. The zero-order valence-corrected chi connectivity index (χ0v) is 9.48. The van der Waals surface area contributed by atoms with Gasteiger partial charge in [0, 0.05) is 6.20 Å². The van der Waals surface area contributed by atoms with Gasteiger partial charge in [-0.1, -0.05) is 25.8 Å². The average Bonchev–Trinajstić information content (AvgIpc) is 2.09. The van der Waals surface area contributed by atoms with Crippen LogP contribution in [-0.4, -0.2) is 27.6 Å². The van der Waals surface area contributed by atoms with Crippen molar-refractivity contribution in [2.75, 3.05) is 0 Å². The lowest BCUT2D eigenvalue weighted by Crippen LogP contribution is -2.35. The van der Waals surface area contributed by atoms with Crippen molar-refractivity contribution in [2.45, 2.75) is 58.9 Å². The van der Waals surface area contributed by atoms with Crippen LogP contribution >= 0.6 is 0 Å². The Morgan fingerprint density at radius 2 is 1.71 bits per heavy atom. The Labute approximate surface area is 87.0 Å². The van der Waals surface area contributed by atoms with Gasteiger partial charge in [0.2, 0.25) is 0 Å². The van der Waals surface area contributed by atoms with Crippen molar-refractivity contribution in [3.8, 4) is 0 Å². The predicted molar refractivity (Wildman–Crippen MR) is 58.5 cm³/mol. The Bertz CT molecular complexity index is 147. The summed E-state index contributed by atoms with van der Waals surface area (Å²) in [6.45, 7) is 5.45. The maximum absolute atomic E-state index is 9.30. The minimum atomic E-state index is -0.641. The highest BCUT2D eigenvalue weighted by Gasteiger charge is 2.09. The van der Waals surface area contributed by atoms with Gasteiger partial charge in [0.1, 0.15) is 12.5 Å². The molecule has 0 fully saturated rings. The smallest absolute Gasteiger partial charge is 0.125 e. The molecule has 84 valence electrons. The van der Waals surface area contributed by atoms with Crippen molar-refractivity contribution in [3.05, 3.63) is 12.3 Å². The van der Waals surface area contributed by atoms with Gasteiger partial charge in [0.05, 0.1) is 0 Å². The molecule has 0 heterocycles. The van der Waals surface area contributed by atoms with Crippen LogP contribution in [0.1, 0.15) is 46.5 Å². The van der Waals surface area contributed by atoms with Crippen LogP contribution < -0.4 is 0 Å². The van der Waals surface area contributed by atoms with E-state index < -0.39 is 12.5 Å². The van der Waals surface area contributed by atoms with Crippen LogP contribution in [0.3, 0.4) is 0 Å². The highest BCUT2D eigenvalue weighted by atomic mass is 16.3. The van der Waals surface area contributed by atoms with Crippen LogP contribution in [0.15, 0.2) is 12.3 Å². The van der Waals surface area contributed by atoms with E-state index in [1.807, 2.05) is 6.08 Å². The fourth-order valence-corrected chi connectivity index (χ4v) is 1.27. The molecule has 0 aromatic rings. The summed E-state index contributed by atoms with van der Waals surface area (Å²) in [5.74, 6) is 0. The monoisotopic (exact) mass is 201 g/mol. The third-order valence-electron chi connectivity index (χ3n) is 2.11. The minimum absolute atomic E-state index is 0.641. The highest BCUT2D eigenvalue weighted by Crippen LogP contribution is 2.05. The summed E-state index contributed by atoms with van der Waals surface area (Å²) in [5, 5.41) is 18.6. The summed E-state index contributed by atoms with van der Waals surface area (Å²) in [6.07, 6.45) is 7.09. The first-order valence-corrected chi connectivity index (χ1v) is 5.39. The van der Waals surface area contributed by atoms with Gasteiger partial charge in [-0.25, -0.2) is 0 Å². The number of aliphatic hydroxyl groups excluding tert-OH is 2. The molecule has 0 spiro atoms. The molecule has 0 rings (SSSR count). The molecule has 0 saturated heterocycles. The number of hydrogen-bond acceptors (Lipinski definition) is 3. The van der Waals surface area contributed by atoms with Gasteiger partial charge < -0.3 is 15.1 Å². The quantitative estimate of drug-likeness (QED) is 0.489. The molecular formula is C11H23NO2. The SMILES string of the molecule is CCCCCC=CN(C(C)O)C(C)O. The summed E-state index contributed by atoms with van der Waals surface area (Å²) in [4.78, 5) is 1.52. The molecular weight excluding hydrogens is 178 g/mol. The first kappa shape index (κ1) is 13.5. The van der Waals surface area contributed by atoms with Gasteiger partial charge in [0.15, 0.2) is 0 Å². The molecule has 0 aromatic carbocycles. The molecule has 14 heavy (non-hydrogen) atoms. The Balaban J connectivity index is 3.79. The van der Waals surface area contributed by atoms with Crippen molar-refractivity contribution in [2.24, 2.45) is 0 Å². The summed E-state index contributed by atoms with van der Waals surface area (Å²) >= 11 is 0. The zero-order chi connectivity index (χ0) is 11.0. The van der Waals surface area contributed by atoms with E-state index in [1.165, 1.54) is 24.2 Å². The van der Waals surface area contributed by atoms with Crippen LogP contribution in [0.25, 0.3) is 0 Å². The van der Waals surface area contributed by atoms with Crippen molar-refractivity contribution < 1.29 is 10.2 Å². The molecule has 0 bridgehead atoms. The highest BCUT2D eigenvalue weighted by molar-refractivity contribution is 4.83. The lowest BCUT2D eigenvalue weighted by atomic mass is 10.2. The number of allylic oxidation sites excluding steroid dienone is 1. The molecule has 3 nitrogen and oxygen atoms in total. The molecule has 2 atom stereocenters. The van der Waals surface area contributed by atoms with Gasteiger partial charge in [-0.05, 0) is 26.7 Å². The van der Waals surface area contributed by atoms with Crippen molar-refractivity contribution in [1.29, 1.82) is 0 Å². The van der Waals surface area contributed by atoms with E-state index in [9.17, 15) is 10.2 Å². The number of hydrogen-bond donors (Lipinski definition) is 2. The molecule has 0 aliphatic carbocycles. The predicted octanol–water partition coefficient (Wildman–Crippen LogP) is 2.06. The van der Waals surface area contributed by atoms with Crippen LogP contribution in [0, 0.1) is 0 Å². The maximum Gasteiger partial charge on any atom is 0.125 e. The zero-order valence-electron chi connectivity index (χ0n) is 9.48. The summed E-state index contributed by atoms with van der Waals surface area (Å²) in [5.41, 5.74) is 0. The fraction of sp³-hybridized carbons (Fsp3) is 0.818. The molecule has 0 saturated carbocycles. The summed E-state index contributed by atoms with van der Waals surface area (Å²) < 4.78 is 0. The lowest BCUT2D eigenvalue weighted by molar-refractivity contribution is -0.0513. The van der Waals surface area contributed by atoms with E-state index in [1.54, 1.807) is 20.0 Å². The molecule has 0 aliphatic rings. The minimum Gasteiger partial charge on any atom is -0.374 e. The van der Waals surface area contributed by atoms with E-state index in [0.717, 1.165) is 6.42 Å². The number of nitrogens with zero attached hydrogens (tertiary/aromatic N) is 1. The lowest BCUT2D eigenvalue weighted by Gasteiger charge is -2.26. The standard InChI is InChI=1S/C11H23NO2/c1-4-5-6-7-8-9-12(10(2)13)11(3)14/h8-11,13-14H,4-7H2,1-3H3. The van der Waals surface area contributed by atoms with Gasteiger partial charge in [-0.15, -0.1) is 0 Å². The number of rotatable bonds is 7. The summed E-state index contributed by atoms with van der Waals surface area (Å²) in [7, 11) is 0. The largest absolute Gasteiger partial charge is 0.374 e. The molecule has 3 heteroatoms. The molecule has 2 N–H and O–H groups in total. The number of aliphatic hydroxyl groups is 2. The van der Waals surface area contributed by atoms with Crippen LogP contribution in [0.2, 0.25) is 0 Å². The second-order valence-corrected chi connectivity index (χ2v) is 3.59. The molecule has 0 aliphatic heterocycles. The van der Waals surface area contributed by atoms with Crippen LogP contribution in [-0.2, 0) is 0 Å². The third-order valence-corrected chi connectivity index (χ3v) is 2.11. The second kappa shape index (κ2) is 7.83. The Morgan fingerprint density at radius 3 is 2.14 bits per heavy atom.